The van der Waals surface area contributed by atoms with Crippen LogP contribution in [0, 0.1) is 0 Å². The van der Waals surface area contributed by atoms with E-state index in [0.717, 1.165) is 10.8 Å². The number of sulfonamides is 2. The molecule has 0 spiro atoms. The molecule has 29 heavy (non-hydrogen) atoms. The average Bonchev–Trinajstić information content (AvgIpc) is 2.74. The number of nitrogens with one attached hydrogen (secondary N) is 1. The maximum absolute atomic E-state index is 12.7. The molecule has 1 saturated heterocycles. The Morgan fingerprint density at radius 1 is 0.759 bits per heavy atom. The zero-order valence-electron chi connectivity index (χ0n) is 15.5. The van der Waals surface area contributed by atoms with Crippen molar-refractivity contribution in [3.8, 4) is 0 Å². The number of rotatable bonds is 5. The van der Waals surface area contributed by atoms with Gasteiger partial charge in [-0.2, -0.15) is 4.31 Å². The van der Waals surface area contributed by atoms with Gasteiger partial charge >= 0.3 is 0 Å². The second-order valence-corrected chi connectivity index (χ2v) is 10.3. The van der Waals surface area contributed by atoms with Crippen LogP contribution in [0.5, 0.6) is 0 Å². The van der Waals surface area contributed by atoms with E-state index in [0.29, 0.717) is 18.9 Å². The number of hydrogen-bond acceptors (Lipinski definition) is 5. The maximum atomic E-state index is 12.7. The first-order valence-corrected chi connectivity index (χ1v) is 12.0. The molecular weight excluding hydrogens is 412 g/mol. The second-order valence-electron chi connectivity index (χ2n) is 6.66. The van der Waals surface area contributed by atoms with Gasteiger partial charge in [-0.05, 0) is 47.2 Å². The smallest absolute Gasteiger partial charge is 0.261 e. The summed E-state index contributed by atoms with van der Waals surface area (Å²) < 4.78 is 59.8. The van der Waals surface area contributed by atoms with Crippen molar-refractivity contribution in [3.63, 3.8) is 0 Å². The van der Waals surface area contributed by atoms with Crippen molar-refractivity contribution in [3.05, 3.63) is 66.7 Å². The molecule has 1 aliphatic rings. The Morgan fingerprint density at radius 2 is 1.38 bits per heavy atom. The minimum Gasteiger partial charge on any atom is -0.379 e. The van der Waals surface area contributed by atoms with E-state index in [2.05, 4.69) is 4.72 Å². The molecule has 7 nitrogen and oxygen atoms in total. The molecule has 1 aliphatic heterocycles. The topological polar surface area (TPSA) is 92.8 Å². The monoisotopic (exact) mass is 432 g/mol. The number of anilines is 1. The Balaban J connectivity index is 1.57. The summed E-state index contributed by atoms with van der Waals surface area (Å²) >= 11 is 0. The zero-order chi connectivity index (χ0) is 20.5. The van der Waals surface area contributed by atoms with Crippen molar-refractivity contribution < 1.29 is 21.6 Å². The summed E-state index contributed by atoms with van der Waals surface area (Å²) in [5.41, 5.74) is 0.439. The van der Waals surface area contributed by atoms with Crippen LogP contribution >= 0.6 is 0 Å². The number of ether oxygens (including phenoxy) is 1. The van der Waals surface area contributed by atoms with Crippen molar-refractivity contribution in [2.24, 2.45) is 0 Å². The van der Waals surface area contributed by atoms with E-state index >= 15 is 0 Å². The fraction of sp³-hybridized carbons (Fsp3) is 0.200. The van der Waals surface area contributed by atoms with Gasteiger partial charge in [0.1, 0.15) is 0 Å². The van der Waals surface area contributed by atoms with Crippen LogP contribution in [0.15, 0.2) is 76.5 Å². The lowest BCUT2D eigenvalue weighted by atomic mass is 10.1. The van der Waals surface area contributed by atoms with Gasteiger partial charge in [-0.15, -0.1) is 0 Å². The van der Waals surface area contributed by atoms with Crippen LogP contribution in [-0.2, 0) is 24.8 Å². The van der Waals surface area contributed by atoms with Crippen molar-refractivity contribution in [2.45, 2.75) is 9.79 Å². The maximum Gasteiger partial charge on any atom is 0.261 e. The molecule has 0 radical (unpaired) electrons. The van der Waals surface area contributed by atoms with Crippen molar-refractivity contribution >= 4 is 36.5 Å². The average molecular weight is 433 g/mol. The summed E-state index contributed by atoms with van der Waals surface area (Å²) in [5.74, 6) is 0. The van der Waals surface area contributed by atoms with E-state index < -0.39 is 20.0 Å². The summed E-state index contributed by atoms with van der Waals surface area (Å²) in [6.07, 6.45) is 0. The molecule has 9 heteroatoms. The van der Waals surface area contributed by atoms with Crippen molar-refractivity contribution in [1.29, 1.82) is 0 Å². The van der Waals surface area contributed by atoms with E-state index in [9.17, 15) is 16.8 Å². The normalized spacial score (nSPS) is 16.0. The number of benzene rings is 3. The predicted molar refractivity (Wildman–Crippen MR) is 111 cm³/mol. The van der Waals surface area contributed by atoms with Gasteiger partial charge < -0.3 is 4.74 Å². The van der Waals surface area contributed by atoms with E-state index in [1.807, 2.05) is 30.3 Å². The lowest BCUT2D eigenvalue weighted by molar-refractivity contribution is 0.0730. The molecular formula is C20H20N2O5S2. The highest BCUT2D eigenvalue weighted by Crippen LogP contribution is 2.23. The molecule has 0 bridgehead atoms. The van der Waals surface area contributed by atoms with E-state index in [-0.39, 0.29) is 22.9 Å². The van der Waals surface area contributed by atoms with Gasteiger partial charge in [0, 0.05) is 18.8 Å². The molecule has 0 unspecified atom stereocenters. The highest BCUT2D eigenvalue weighted by molar-refractivity contribution is 7.92. The largest absolute Gasteiger partial charge is 0.379 e. The zero-order valence-corrected chi connectivity index (χ0v) is 17.1. The Bertz CT molecular complexity index is 1230. The van der Waals surface area contributed by atoms with Crippen LogP contribution < -0.4 is 4.72 Å². The minimum atomic E-state index is -3.85. The first kappa shape index (κ1) is 19.8. The molecule has 0 amide bonds. The van der Waals surface area contributed by atoms with Crippen LogP contribution in [-0.4, -0.2) is 47.4 Å². The third kappa shape index (κ3) is 4.13. The molecule has 3 aromatic rings. The van der Waals surface area contributed by atoms with Gasteiger partial charge in [0.25, 0.3) is 10.0 Å². The van der Waals surface area contributed by atoms with E-state index in [1.165, 1.54) is 28.6 Å². The first-order chi connectivity index (χ1) is 13.9. The molecule has 4 rings (SSSR count). The Kier molecular flexibility index (Phi) is 5.30. The van der Waals surface area contributed by atoms with Crippen LogP contribution in [0.2, 0.25) is 0 Å². The predicted octanol–water partition coefficient (Wildman–Crippen LogP) is 2.66. The summed E-state index contributed by atoms with van der Waals surface area (Å²) in [7, 11) is -7.52. The Labute approximate surface area is 170 Å². The standard InChI is InChI=1S/C20H20N2O5S2/c23-28(24,21-18-6-5-16-3-1-2-4-17(16)15-18)19-7-9-20(10-8-19)29(25,26)22-11-13-27-14-12-22/h1-10,15,21H,11-14H2. The van der Waals surface area contributed by atoms with Crippen LogP contribution in [0.3, 0.4) is 0 Å². The molecule has 0 saturated carbocycles. The third-order valence-electron chi connectivity index (χ3n) is 4.74. The molecule has 0 atom stereocenters. The molecule has 1 fully saturated rings. The van der Waals surface area contributed by atoms with Gasteiger partial charge in [-0.1, -0.05) is 30.3 Å². The van der Waals surface area contributed by atoms with Crippen LogP contribution in [0.4, 0.5) is 5.69 Å². The third-order valence-corrected chi connectivity index (χ3v) is 8.05. The molecule has 1 heterocycles. The lowest BCUT2D eigenvalue weighted by Gasteiger charge is -2.26. The number of fused-ring (bicyclic) bond motifs is 1. The van der Waals surface area contributed by atoms with Gasteiger partial charge in [-0.25, -0.2) is 16.8 Å². The molecule has 3 aromatic carbocycles. The summed E-state index contributed by atoms with van der Waals surface area (Å²) in [6.45, 7) is 1.26. The highest BCUT2D eigenvalue weighted by Gasteiger charge is 2.26. The van der Waals surface area contributed by atoms with Crippen molar-refractivity contribution in [2.75, 3.05) is 31.0 Å². The first-order valence-electron chi connectivity index (χ1n) is 9.06. The molecule has 152 valence electrons. The lowest BCUT2D eigenvalue weighted by Crippen LogP contribution is -2.40. The van der Waals surface area contributed by atoms with Gasteiger partial charge in [0.05, 0.1) is 23.0 Å². The van der Waals surface area contributed by atoms with Gasteiger partial charge in [-0.3, -0.25) is 4.72 Å². The molecule has 0 aliphatic carbocycles. The van der Waals surface area contributed by atoms with Crippen molar-refractivity contribution in [1.82, 2.24) is 4.31 Å². The fourth-order valence-electron chi connectivity index (χ4n) is 3.19. The number of hydrogen-bond donors (Lipinski definition) is 1. The quantitative estimate of drug-likeness (QED) is 0.669. The molecule has 0 aromatic heterocycles. The molecule has 1 N–H and O–H groups in total. The van der Waals surface area contributed by atoms with Gasteiger partial charge in [0.2, 0.25) is 10.0 Å². The highest BCUT2D eigenvalue weighted by atomic mass is 32.2. The Hall–Kier alpha value is -2.46. The minimum absolute atomic E-state index is 0.00779. The summed E-state index contributed by atoms with van der Waals surface area (Å²) in [5, 5.41) is 1.92. The van der Waals surface area contributed by atoms with E-state index in [1.54, 1.807) is 12.1 Å². The van der Waals surface area contributed by atoms with Crippen LogP contribution in [0.1, 0.15) is 0 Å². The Morgan fingerprint density at radius 3 is 2.07 bits per heavy atom. The van der Waals surface area contributed by atoms with E-state index in [4.69, 9.17) is 4.74 Å². The second kappa shape index (κ2) is 7.75. The number of nitrogens with zero attached hydrogens (tertiary/aromatic N) is 1. The van der Waals surface area contributed by atoms with Crippen LogP contribution in [0.25, 0.3) is 10.8 Å². The van der Waals surface area contributed by atoms with Gasteiger partial charge in [0.15, 0.2) is 0 Å². The SMILES string of the molecule is O=S(=O)(Nc1ccc2ccccc2c1)c1ccc(S(=O)(=O)N2CCOCC2)cc1. The summed E-state index contributed by atoms with van der Waals surface area (Å²) in [4.78, 5) is 0.0515. The summed E-state index contributed by atoms with van der Waals surface area (Å²) in [6, 6.07) is 18.2. The fourth-order valence-corrected chi connectivity index (χ4v) is 5.65. The number of morpholine rings is 1.